The van der Waals surface area contributed by atoms with Gasteiger partial charge in [-0.1, -0.05) is 30.3 Å². The Kier molecular flexibility index (Phi) is 6.78. The van der Waals surface area contributed by atoms with E-state index in [-0.39, 0.29) is 18.2 Å². The minimum Gasteiger partial charge on any atom is -0.415 e. The van der Waals surface area contributed by atoms with Gasteiger partial charge in [-0.25, -0.2) is 8.42 Å². The van der Waals surface area contributed by atoms with Crippen molar-refractivity contribution in [3.63, 3.8) is 0 Å². The molecule has 1 aromatic heterocycles. The van der Waals surface area contributed by atoms with Crippen molar-refractivity contribution in [3.8, 4) is 11.5 Å². The van der Waals surface area contributed by atoms with E-state index in [0.29, 0.717) is 17.8 Å². The number of hydrogen-bond acceptors (Lipinski definition) is 6. The summed E-state index contributed by atoms with van der Waals surface area (Å²) in [6.07, 6.45) is -2.84. The first-order chi connectivity index (χ1) is 14.3. The maximum atomic E-state index is 13.0. The average molecular weight is 436 g/mol. The molecule has 0 unspecified atom stereocenters. The number of anilines is 1. The lowest BCUT2D eigenvalue weighted by atomic mass is 10.1. The molecule has 1 heterocycles. The fraction of sp³-hybridized carbons (Fsp3) is 0.300. The number of halogens is 2. The van der Waals surface area contributed by atoms with Gasteiger partial charge in [-0.15, -0.1) is 10.2 Å². The van der Waals surface area contributed by atoms with E-state index in [1.54, 1.807) is 48.5 Å². The molecule has 0 bridgehead atoms. The van der Waals surface area contributed by atoms with Crippen LogP contribution in [-0.2, 0) is 16.6 Å². The van der Waals surface area contributed by atoms with Gasteiger partial charge < -0.3 is 9.32 Å². The van der Waals surface area contributed by atoms with Crippen molar-refractivity contribution in [2.24, 2.45) is 0 Å². The van der Waals surface area contributed by atoms with Gasteiger partial charge in [0.15, 0.2) is 0 Å². The van der Waals surface area contributed by atoms with Crippen molar-refractivity contribution >= 4 is 15.7 Å². The predicted molar refractivity (Wildman–Crippen MR) is 110 cm³/mol. The van der Waals surface area contributed by atoms with Crippen LogP contribution in [-0.4, -0.2) is 49.9 Å². The second-order valence-electron chi connectivity index (χ2n) is 6.90. The molecule has 0 saturated carbocycles. The van der Waals surface area contributed by atoms with Crippen LogP contribution in [0.4, 0.5) is 14.5 Å². The van der Waals surface area contributed by atoms with Crippen LogP contribution in [0.5, 0.6) is 0 Å². The van der Waals surface area contributed by atoms with Crippen molar-refractivity contribution in [2.45, 2.75) is 13.0 Å². The lowest BCUT2D eigenvalue weighted by Gasteiger charge is -2.25. The van der Waals surface area contributed by atoms with Gasteiger partial charge in [-0.3, -0.25) is 4.31 Å². The highest BCUT2D eigenvalue weighted by Gasteiger charge is 2.23. The van der Waals surface area contributed by atoms with Crippen molar-refractivity contribution in [2.75, 3.05) is 30.7 Å². The van der Waals surface area contributed by atoms with Gasteiger partial charge in [0.25, 0.3) is 5.89 Å². The molecule has 3 aromatic rings. The molecule has 0 radical (unpaired) electrons. The normalized spacial score (nSPS) is 11.9. The number of aromatic nitrogens is 2. The van der Waals surface area contributed by atoms with E-state index in [4.69, 9.17) is 4.42 Å². The molecular formula is C20H22F2N4O3S. The van der Waals surface area contributed by atoms with Crippen LogP contribution in [0, 0.1) is 0 Å². The first-order valence-electron chi connectivity index (χ1n) is 9.17. The summed E-state index contributed by atoms with van der Waals surface area (Å²) in [6.45, 7) is 0.528. The Morgan fingerprint density at radius 1 is 1.00 bits per heavy atom. The minimum absolute atomic E-state index is 0.0182. The summed E-state index contributed by atoms with van der Waals surface area (Å²) in [4.78, 5) is 1.81. The first-order valence-corrected chi connectivity index (χ1v) is 10.8. The van der Waals surface area contributed by atoms with Crippen LogP contribution in [0.3, 0.4) is 0 Å². The smallest absolute Gasteiger partial charge is 0.314 e. The van der Waals surface area contributed by atoms with E-state index in [1.165, 1.54) is 4.31 Å². The molecule has 0 amide bonds. The predicted octanol–water partition coefficient (Wildman–Crippen LogP) is 3.57. The second kappa shape index (κ2) is 9.31. The molecule has 0 saturated heterocycles. The lowest BCUT2D eigenvalue weighted by molar-refractivity contribution is 0.116. The number of para-hydroxylation sites is 1. The van der Waals surface area contributed by atoms with Gasteiger partial charge in [0.05, 0.1) is 18.0 Å². The van der Waals surface area contributed by atoms with E-state index >= 15 is 0 Å². The highest BCUT2D eigenvalue weighted by molar-refractivity contribution is 7.92. The summed E-state index contributed by atoms with van der Waals surface area (Å²) in [5.74, 6) is -0.780. The topological polar surface area (TPSA) is 79.5 Å². The molecular weight excluding hydrogens is 414 g/mol. The first kappa shape index (κ1) is 21.8. The molecule has 0 atom stereocenters. The number of nitrogens with zero attached hydrogens (tertiary/aromatic N) is 4. The monoisotopic (exact) mass is 436 g/mol. The van der Waals surface area contributed by atoms with Gasteiger partial charge in [-0.2, -0.15) is 8.78 Å². The Bertz CT molecular complexity index is 1060. The molecule has 10 heteroatoms. The van der Waals surface area contributed by atoms with E-state index in [2.05, 4.69) is 10.2 Å². The number of hydrogen-bond donors (Lipinski definition) is 0. The Morgan fingerprint density at radius 3 is 2.23 bits per heavy atom. The summed E-state index contributed by atoms with van der Waals surface area (Å²) in [5, 5.41) is 6.93. The standard InChI is InChI=1S/C20H22F2N4O3S/c1-25(2)12-13-30(27,28)26(17-6-4-3-5-7-17)14-15-8-10-16(11-9-15)19-23-24-20(29-19)18(21)22/h3-11,18H,12-14H2,1-2H3. The fourth-order valence-electron chi connectivity index (χ4n) is 2.71. The maximum absolute atomic E-state index is 13.0. The van der Waals surface area contributed by atoms with E-state index < -0.39 is 22.3 Å². The molecule has 0 aliphatic carbocycles. The maximum Gasteiger partial charge on any atom is 0.314 e. The minimum atomic E-state index is -3.57. The summed E-state index contributed by atoms with van der Waals surface area (Å²) in [7, 11) is 0.0654. The average Bonchev–Trinajstić information content (AvgIpc) is 3.22. The summed E-state index contributed by atoms with van der Waals surface area (Å²) in [6, 6.07) is 15.5. The van der Waals surface area contributed by atoms with Gasteiger partial charge in [0, 0.05) is 12.1 Å². The molecule has 7 nitrogen and oxygen atoms in total. The SMILES string of the molecule is CN(C)CCS(=O)(=O)N(Cc1ccc(-c2nnc(C(F)F)o2)cc1)c1ccccc1. The Hall–Kier alpha value is -2.85. The van der Waals surface area contributed by atoms with Crippen molar-refractivity contribution in [3.05, 3.63) is 66.1 Å². The van der Waals surface area contributed by atoms with Gasteiger partial charge in [-0.05, 0) is 43.9 Å². The van der Waals surface area contributed by atoms with E-state index in [0.717, 1.165) is 5.56 Å². The van der Waals surface area contributed by atoms with Crippen LogP contribution in [0.1, 0.15) is 17.9 Å². The summed E-state index contributed by atoms with van der Waals surface area (Å²) in [5.41, 5.74) is 1.77. The summed E-state index contributed by atoms with van der Waals surface area (Å²) >= 11 is 0. The molecule has 3 rings (SSSR count). The lowest BCUT2D eigenvalue weighted by Crippen LogP contribution is -2.35. The third-order valence-electron chi connectivity index (χ3n) is 4.33. The van der Waals surface area contributed by atoms with E-state index in [9.17, 15) is 17.2 Å². The molecule has 30 heavy (non-hydrogen) atoms. The zero-order valence-corrected chi connectivity index (χ0v) is 17.4. The Balaban J connectivity index is 1.83. The highest BCUT2D eigenvalue weighted by Crippen LogP contribution is 2.25. The quantitative estimate of drug-likeness (QED) is 0.510. The van der Waals surface area contributed by atoms with Gasteiger partial charge in [0.2, 0.25) is 15.9 Å². The van der Waals surface area contributed by atoms with E-state index in [1.807, 2.05) is 25.1 Å². The van der Waals surface area contributed by atoms with Crippen LogP contribution in [0.25, 0.3) is 11.5 Å². The molecule has 0 aliphatic heterocycles. The van der Waals surface area contributed by atoms with Crippen LogP contribution in [0.15, 0.2) is 59.0 Å². The van der Waals surface area contributed by atoms with Gasteiger partial charge >= 0.3 is 6.43 Å². The number of alkyl halides is 2. The van der Waals surface area contributed by atoms with Crippen LogP contribution < -0.4 is 4.31 Å². The Morgan fingerprint density at radius 2 is 1.67 bits per heavy atom. The van der Waals surface area contributed by atoms with Crippen molar-refractivity contribution in [1.82, 2.24) is 15.1 Å². The Labute approximate surface area is 174 Å². The van der Waals surface area contributed by atoms with Crippen molar-refractivity contribution < 1.29 is 21.6 Å². The number of rotatable bonds is 9. The third kappa shape index (κ3) is 5.39. The molecule has 0 fully saturated rings. The molecule has 0 aliphatic rings. The largest absolute Gasteiger partial charge is 0.415 e. The van der Waals surface area contributed by atoms with Crippen LogP contribution >= 0.6 is 0 Å². The van der Waals surface area contributed by atoms with Crippen LogP contribution in [0.2, 0.25) is 0 Å². The summed E-state index contributed by atoms with van der Waals surface area (Å²) < 4.78 is 57.6. The number of benzene rings is 2. The van der Waals surface area contributed by atoms with Crippen molar-refractivity contribution in [1.29, 1.82) is 0 Å². The molecule has 0 N–H and O–H groups in total. The fourth-order valence-corrected chi connectivity index (χ4v) is 4.32. The zero-order valence-electron chi connectivity index (χ0n) is 16.6. The second-order valence-corrected chi connectivity index (χ2v) is 8.92. The molecule has 2 aromatic carbocycles. The number of sulfonamides is 1. The zero-order chi connectivity index (χ0) is 21.7. The third-order valence-corrected chi connectivity index (χ3v) is 6.04. The molecule has 160 valence electrons. The van der Waals surface area contributed by atoms with Gasteiger partial charge in [0.1, 0.15) is 0 Å². The molecule has 0 spiro atoms. The highest BCUT2D eigenvalue weighted by atomic mass is 32.2.